The fourth-order valence-electron chi connectivity index (χ4n) is 4.00. The van der Waals surface area contributed by atoms with Crippen molar-refractivity contribution in [3.05, 3.63) is 58.6 Å². The van der Waals surface area contributed by atoms with Gasteiger partial charge in [0.25, 0.3) is 5.91 Å². The first-order valence-electron chi connectivity index (χ1n) is 11.5. The van der Waals surface area contributed by atoms with Crippen molar-refractivity contribution in [1.82, 2.24) is 25.3 Å². The molecule has 3 aromatic rings. The van der Waals surface area contributed by atoms with Gasteiger partial charge in [-0.25, -0.2) is 9.97 Å². The molecule has 0 spiro atoms. The van der Waals surface area contributed by atoms with Crippen LogP contribution in [0.3, 0.4) is 0 Å². The molecule has 3 N–H and O–H groups in total. The van der Waals surface area contributed by atoms with Crippen LogP contribution in [0, 0.1) is 0 Å². The van der Waals surface area contributed by atoms with Crippen molar-refractivity contribution in [2.75, 3.05) is 37.6 Å². The summed E-state index contributed by atoms with van der Waals surface area (Å²) in [5, 5.41) is 16.3. The Kier molecular flexibility index (Phi) is 8.34. The van der Waals surface area contributed by atoms with Crippen LogP contribution in [0.15, 0.2) is 36.7 Å². The lowest BCUT2D eigenvalue weighted by molar-refractivity contribution is 0.0946. The SMILES string of the molecule is COc1ccc(CNc2nc(N3CCC[C@H]3CO)nc(OC)c2C(=O)NCc2ncccn2)cc1Cl. The van der Waals surface area contributed by atoms with Gasteiger partial charge in [0.15, 0.2) is 0 Å². The van der Waals surface area contributed by atoms with E-state index in [-0.39, 0.29) is 30.6 Å². The summed E-state index contributed by atoms with van der Waals surface area (Å²) in [5.41, 5.74) is 1.01. The summed E-state index contributed by atoms with van der Waals surface area (Å²) in [5.74, 6) is 1.37. The lowest BCUT2D eigenvalue weighted by Gasteiger charge is -2.25. The second kappa shape index (κ2) is 11.8. The highest BCUT2D eigenvalue weighted by Gasteiger charge is 2.30. The third kappa shape index (κ3) is 5.74. The minimum atomic E-state index is -0.443. The number of hydrogen-bond acceptors (Lipinski definition) is 10. The van der Waals surface area contributed by atoms with Crippen molar-refractivity contribution in [3.63, 3.8) is 0 Å². The highest BCUT2D eigenvalue weighted by atomic mass is 35.5. The van der Waals surface area contributed by atoms with Crippen LogP contribution in [0.5, 0.6) is 11.6 Å². The van der Waals surface area contributed by atoms with Crippen LogP contribution >= 0.6 is 11.6 Å². The standard InChI is InChI=1S/C24H28ClN7O4/c1-35-18-7-6-15(11-17(18)25)12-28-21-20(22(34)29-13-19-26-8-4-9-27-19)23(36-2)31-24(30-21)32-10-3-5-16(32)14-33/h4,6-9,11,16,33H,3,5,10,12-14H2,1-2H3,(H,29,34)(H,28,30,31)/t16-/m0/s1. The Labute approximate surface area is 213 Å². The molecule has 1 atom stereocenters. The predicted octanol–water partition coefficient (Wildman–Crippen LogP) is 2.44. The second-order valence-electron chi connectivity index (χ2n) is 8.10. The van der Waals surface area contributed by atoms with Gasteiger partial charge >= 0.3 is 0 Å². The van der Waals surface area contributed by atoms with E-state index in [0.717, 1.165) is 18.4 Å². The number of rotatable bonds is 10. The second-order valence-corrected chi connectivity index (χ2v) is 8.51. The number of aliphatic hydroxyl groups excluding tert-OH is 1. The first kappa shape index (κ1) is 25.4. The molecule has 36 heavy (non-hydrogen) atoms. The maximum atomic E-state index is 13.3. The van der Waals surface area contributed by atoms with Crippen molar-refractivity contribution >= 4 is 29.3 Å². The predicted molar refractivity (Wildman–Crippen MR) is 135 cm³/mol. The molecule has 4 rings (SSSR count). The molecule has 1 fully saturated rings. The quantitative estimate of drug-likeness (QED) is 0.371. The molecular formula is C24H28ClN7O4. The molecule has 1 aromatic carbocycles. The molecule has 0 unspecified atom stereocenters. The van der Waals surface area contributed by atoms with E-state index < -0.39 is 5.91 Å². The molecule has 3 heterocycles. The molecule has 0 aliphatic carbocycles. The van der Waals surface area contributed by atoms with E-state index >= 15 is 0 Å². The number of carbonyl (C=O) groups is 1. The molecule has 1 amide bonds. The van der Waals surface area contributed by atoms with Gasteiger partial charge in [0.1, 0.15) is 23.0 Å². The molecule has 1 aliphatic heterocycles. The van der Waals surface area contributed by atoms with Crippen molar-refractivity contribution in [1.29, 1.82) is 0 Å². The Morgan fingerprint density at radius 1 is 1.19 bits per heavy atom. The fraction of sp³-hybridized carbons (Fsp3) is 0.375. The number of nitrogens with one attached hydrogen (secondary N) is 2. The zero-order chi connectivity index (χ0) is 25.5. The molecule has 1 saturated heterocycles. The Hall–Kier alpha value is -3.70. The first-order chi connectivity index (χ1) is 17.5. The third-order valence-electron chi connectivity index (χ3n) is 5.83. The number of aliphatic hydroxyl groups is 1. The average Bonchev–Trinajstić information content (AvgIpc) is 3.39. The Bertz CT molecular complexity index is 1200. The van der Waals surface area contributed by atoms with Gasteiger partial charge in [-0.1, -0.05) is 17.7 Å². The van der Waals surface area contributed by atoms with E-state index in [1.807, 2.05) is 11.0 Å². The molecule has 12 heteroatoms. The smallest absolute Gasteiger partial charge is 0.260 e. The summed E-state index contributed by atoms with van der Waals surface area (Å²) in [6.45, 7) is 1.13. The molecule has 11 nitrogen and oxygen atoms in total. The molecular weight excluding hydrogens is 486 g/mol. The number of anilines is 2. The average molecular weight is 514 g/mol. The number of hydrogen-bond donors (Lipinski definition) is 3. The van der Waals surface area contributed by atoms with Gasteiger partial charge in [0.2, 0.25) is 11.8 Å². The lowest BCUT2D eigenvalue weighted by atomic mass is 10.2. The number of ether oxygens (including phenoxy) is 2. The summed E-state index contributed by atoms with van der Waals surface area (Å²) >= 11 is 6.28. The highest BCUT2D eigenvalue weighted by molar-refractivity contribution is 6.32. The van der Waals surface area contributed by atoms with Gasteiger partial charge < -0.3 is 30.1 Å². The molecule has 190 valence electrons. The van der Waals surface area contributed by atoms with Crippen LogP contribution in [0.25, 0.3) is 0 Å². The van der Waals surface area contributed by atoms with Crippen molar-refractivity contribution in [2.24, 2.45) is 0 Å². The summed E-state index contributed by atoms with van der Waals surface area (Å²) in [7, 11) is 3.00. The summed E-state index contributed by atoms with van der Waals surface area (Å²) < 4.78 is 10.7. The number of aromatic nitrogens is 4. The van der Waals surface area contributed by atoms with Crippen LogP contribution in [-0.2, 0) is 13.1 Å². The van der Waals surface area contributed by atoms with Gasteiger partial charge in [-0.15, -0.1) is 0 Å². The van der Waals surface area contributed by atoms with Gasteiger partial charge in [-0.2, -0.15) is 9.97 Å². The number of benzene rings is 1. The van der Waals surface area contributed by atoms with Gasteiger partial charge in [-0.05, 0) is 36.6 Å². The van der Waals surface area contributed by atoms with E-state index in [9.17, 15) is 9.90 Å². The Morgan fingerprint density at radius 2 is 2.00 bits per heavy atom. The maximum absolute atomic E-state index is 13.3. The van der Waals surface area contributed by atoms with Crippen molar-refractivity contribution in [3.8, 4) is 11.6 Å². The molecule has 0 bridgehead atoms. The number of methoxy groups -OCH3 is 2. The normalized spacial score (nSPS) is 15.0. The van der Waals surface area contributed by atoms with E-state index in [2.05, 4.69) is 30.6 Å². The zero-order valence-electron chi connectivity index (χ0n) is 20.1. The largest absolute Gasteiger partial charge is 0.495 e. The number of amides is 1. The van der Waals surface area contributed by atoms with Crippen LogP contribution < -0.4 is 25.0 Å². The summed E-state index contributed by atoms with van der Waals surface area (Å²) in [6, 6.07) is 7.02. The van der Waals surface area contributed by atoms with E-state index in [0.29, 0.717) is 41.5 Å². The van der Waals surface area contributed by atoms with Crippen LogP contribution in [-0.4, -0.2) is 64.4 Å². The fourth-order valence-corrected chi connectivity index (χ4v) is 4.28. The zero-order valence-corrected chi connectivity index (χ0v) is 20.8. The summed E-state index contributed by atoms with van der Waals surface area (Å²) in [6.07, 6.45) is 4.94. The van der Waals surface area contributed by atoms with E-state index in [1.54, 1.807) is 37.7 Å². The number of nitrogens with zero attached hydrogens (tertiary/aromatic N) is 5. The van der Waals surface area contributed by atoms with Gasteiger partial charge in [0.05, 0.1) is 38.4 Å². The summed E-state index contributed by atoms with van der Waals surface area (Å²) in [4.78, 5) is 32.6. The van der Waals surface area contributed by atoms with Crippen molar-refractivity contribution in [2.45, 2.75) is 32.0 Å². The molecule has 2 aromatic heterocycles. The first-order valence-corrected chi connectivity index (χ1v) is 11.9. The Morgan fingerprint density at radius 3 is 2.69 bits per heavy atom. The molecule has 0 radical (unpaired) electrons. The van der Waals surface area contributed by atoms with Crippen LogP contribution in [0.4, 0.5) is 11.8 Å². The topological polar surface area (TPSA) is 135 Å². The van der Waals surface area contributed by atoms with Crippen LogP contribution in [0.1, 0.15) is 34.6 Å². The van der Waals surface area contributed by atoms with Crippen molar-refractivity contribution < 1.29 is 19.4 Å². The highest BCUT2D eigenvalue weighted by Crippen LogP contribution is 2.31. The number of halogens is 1. The minimum Gasteiger partial charge on any atom is -0.495 e. The van der Waals surface area contributed by atoms with Crippen LogP contribution in [0.2, 0.25) is 5.02 Å². The van der Waals surface area contributed by atoms with E-state index in [1.165, 1.54) is 7.11 Å². The Balaban J connectivity index is 1.65. The van der Waals surface area contributed by atoms with E-state index in [4.69, 9.17) is 21.1 Å². The third-order valence-corrected chi connectivity index (χ3v) is 6.13. The monoisotopic (exact) mass is 513 g/mol. The maximum Gasteiger partial charge on any atom is 0.260 e. The number of carbonyl (C=O) groups excluding carboxylic acids is 1. The molecule has 1 aliphatic rings. The molecule has 0 saturated carbocycles. The van der Waals surface area contributed by atoms with Gasteiger partial charge in [0, 0.05) is 25.5 Å². The lowest BCUT2D eigenvalue weighted by Crippen LogP contribution is -2.34. The van der Waals surface area contributed by atoms with Gasteiger partial charge in [-0.3, -0.25) is 4.79 Å². The minimum absolute atomic E-state index is 0.0158.